The van der Waals surface area contributed by atoms with Crippen LogP contribution in [0, 0.1) is 0 Å². The first-order valence-electron chi connectivity index (χ1n) is 5.97. The average molecular weight is 222 g/mol. The molecular weight excluding hydrogens is 200 g/mol. The van der Waals surface area contributed by atoms with Crippen LogP contribution in [0.3, 0.4) is 0 Å². The summed E-state index contributed by atoms with van der Waals surface area (Å²) in [6.45, 7) is 6.31. The second-order valence-electron chi connectivity index (χ2n) is 4.23. The number of anilines is 1. The molecule has 0 aliphatic heterocycles. The number of hydrogen-bond acceptors (Lipinski definition) is 3. The molecule has 1 aromatic rings. The molecule has 0 saturated carbocycles. The zero-order valence-corrected chi connectivity index (χ0v) is 10.6. The van der Waals surface area contributed by atoms with Gasteiger partial charge in [-0.15, -0.1) is 0 Å². The summed E-state index contributed by atoms with van der Waals surface area (Å²) in [4.78, 5) is 6.50. The van der Waals surface area contributed by atoms with Crippen molar-refractivity contribution in [1.82, 2.24) is 4.98 Å². The quantitative estimate of drug-likeness (QED) is 0.832. The standard InChI is InChI=1S/C13H22N2O/c1-5-10(3)15(4)11-7-8-12(14-9-11)13(16)6-2/h7-10,13,16H,5-6H2,1-4H3/t10?,13-/m1/s1. The molecule has 0 aliphatic carbocycles. The fourth-order valence-corrected chi connectivity index (χ4v) is 1.54. The van der Waals surface area contributed by atoms with Crippen LogP contribution in [0.2, 0.25) is 0 Å². The van der Waals surface area contributed by atoms with Crippen molar-refractivity contribution in [1.29, 1.82) is 0 Å². The Hall–Kier alpha value is -1.09. The molecular formula is C13H22N2O. The molecule has 0 aliphatic rings. The summed E-state index contributed by atoms with van der Waals surface area (Å²) >= 11 is 0. The van der Waals surface area contributed by atoms with E-state index in [1.165, 1.54) is 0 Å². The van der Waals surface area contributed by atoms with E-state index in [0.717, 1.165) is 17.8 Å². The van der Waals surface area contributed by atoms with Crippen LogP contribution < -0.4 is 4.90 Å². The van der Waals surface area contributed by atoms with Crippen molar-refractivity contribution in [3.63, 3.8) is 0 Å². The van der Waals surface area contributed by atoms with Gasteiger partial charge in [-0.05, 0) is 31.9 Å². The summed E-state index contributed by atoms with van der Waals surface area (Å²) in [5, 5.41) is 9.64. The van der Waals surface area contributed by atoms with E-state index >= 15 is 0 Å². The first-order chi connectivity index (χ1) is 7.60. The Kier molecular flexibility index (Phi) is 4.74. The first-order valence-corrected chi connectivity index (χ1v) is 5.97. The number of rotatable bonds is 5. The second kappa shape index (κ2) is 5.85. The lowest BCUT2D eigenvalue weighted by Crippen LogP contribution is -2.28. The summed E-state index contributed by atoms with van der Waals surface area (Å²) < 4.78 is 0. The number of aromatic nitrogens is 1. The molecule has 1 N–H and O–H groups in total. The van der Waals surface area contributed by atoms with Crippen molar-refractivity contribution in [3.05, 3.63) is 24.0 Å². The summed E-state index contributed by atoms with van der Waals surface area (Å²) in [7, 11) is 2.07. The van der Waals surface area contributed by atoms with E-state index in [4.69, 9.17) is 0 Å². The number of nitrogens with zero attached hydrogens (tertiary/aromatic N) is 2. The monoisotopic (exact) mass is 222 g/mol. The van der Waals surface area contributed by atoms with E-state index in [1.807, 2.05) is 25.3 Å². The summed E-state index contributed by atoms with van der Waals surface area (Å²) in [5.41, 5.74) is 1.85. The Bertz CT molecular complexity index is 310. The molecule has 90 valence electrons. The van der Waals surface area contributed by atoms with E-state index in [2.05, 4.69) is 30.8 Å². The molecule has 3 heteroatoms. The van der Waals surface area contributed by atoms with Crippen LogP contribution in [0.5, 0.6) is 0 Å². The third-order valence-electron chi connectivity index (χ3n) is 3.16. The molecule has 16 heavy (non-hydrogen) atoms. The highest BCUT2D eigenvalue weighted by atomic mass is 16.3. The number of pyridine rings is 1. The third kappa shape index (κ3) is 2.95. The molecule has 3 nitrogen and oxygen atoms in total. The SMILES string of the molecule is CCC(C)N(C)c1ccc([C@H](O)CC)nc1. The predicted octanol–water partition coefficient (Wildman–Crippen LogP) is 2.76. The van der Waals surface area contributed by atoms with Crippen molar-refractivity contribution >= 4 is 5.69 Å². The van der Waals surface area contributed by atoms with E-state index in [-0.39, 0.29) is 0 Å². The van der Waals surface area contributed by atoms with Crippen LogP contribution in [-0.2, 0) is 0 Å². The number of aliphatic hydroxyl groups is 1. The van der Waals surface area contributed by atoms with Crippen molar-refractivity contribution in [2.75, 3.05) is 11.9 Å². The van der Waals surface area contributed by atoms with Gasteiger partial charge in [0.2, 0.25) is 0 Å². The van der Waals surface area contributed by atoms with Gasteiger partial charge < -0.3 is 10.0 Å². The van der Waals surface area contributed by atoms with Crippen LogP contribution in [0.25, 0.3) is 0 Å². The largest absolute Gasteiger partial charge is 0.387 e. The Labute approximate surface area is 98.1 Å². The van der Waals surface area contributed by atoms with Crippen LogP contribution in [0.15, 0.2) is 18.3 Å². The van der Waals surface area contributed by atoms with Crippen LogP contribution in [-0.4, -0.2) is 23.2 Å². The van der Waals surface area contributed by atoms with Gasteiger partial charge in [0.25, 0.3) is 0 Å². The van der Waals surface area contributed by atoms with Crippen LogP contribution in [0.4, 0.5) is 5.69 Å². The van der Waals surface area contributed by atoms with Crippen molar-refractivity contribution in [2.24, 2.45) is 0 Å². The Morgan fingerprint density at radius 1 is 1.31 bits per heavy atom. The number of hydrogen-bond donors (Lipinski definition) is 1. The molecule has 1 unspecified atom stereocenters. The first kappa shape index (κ1) is 13.0. The fraction of sp³-hybridized carbons (Fsp3) is 0.615. The molecule has 1 rings (SSSR count). The molecule has 0 fully saturated rings. The molecule has 0 aromatic carbocycles. The van der Waals surface area contributed by atoms with Gasteiger partial charge >= 0.3 is 0 Å². The van der Waals surface area contributed by atoms with E-state index in [9.17, 15) is 5.11 Å². The highest BCUT2D eigenvalue weighted by Gasteiger charge is 2.10. The maximum Gasteiger partial charge on any atom is 0.0957 e. The van der Waals surface area contributed by atoms with Gasteiger partial charge in [0.15, 0.2) is 0 Å². The van der Waals surface area contributed by atoms with E-state index < -0.39 is 6.10 Å². The zero-order chi connectivity index (χ0) is 12.1. The molecule has 0 radical (unpaired) electrons. The molecule has 0 spiro atoms. The molecule has 1 heterocycles. The van der Waals surface area contributed by atoms with Crippen LogP contribution in [0.1, 0.15) is 45.4 Å². The van der Waals surface area contributed by atoms with Gasteiger partial charge in [0.05, 0.1) is 23.7 Å². The van der Waals surface area contributed by atoms with Crippen molar-refractivity contribution < 1.29 is 5.11 Å². The van der Waals surface area contributed by atoms with Gasteiger partial charge in [-0.1, -0.05) is 13.8 Å². The summed E-state index contributed by atoms with van der Waals surface area (Å²) in [6, 6.07) is 4.43. The minimum Gasteiger partial charge on any atom is -0.387 e. The van der Waals surface area contributed by atoms with E-state index in [0.29, 0.717) is 12.5 Å². The third-order valence-corrected chi connectivity index (χ3v) is 3.16. The Morgan fingerprint density at radius 3 is 2.44 bits per heavy atom. The van der Waals surface area contributed by atoms with Crippen molar-refractivity contribution in [3.8, 4) is 0 Å². The van der Waals surface area contributed by atoms with Gasteiger partial charge in [-0.2, -0.15) is 0 Å². The predicted molar refractivity (Wildman–Crippen MR) is 67.6 cm³/mol. The highest BCUT2D eigenvalue weighted by Crippen LogP contribution is 2.19. The van der Waals surface area contributed by atoms with E-state index in [1.54, 1.807) is 0 Å². The lowest BCUT2D eigenvalue weighted by atomic mass is 10.1. The Balaban J connectivity index is 2.78. The summed E-state index contributed by atoms with van der Waals surface area (Å²) in [5.74, 6) is 0. The average Bonchev–Trinajstić information content (AvgIpc) is 2.36. The Morgan fingerprint density at radius 2 is 2.00 bits per heavy atom. The normalized spacial score (nSPS) is 14.6. The molecule has 1 aromatic heterocycles. The highest BCUT2D eigenvalue weighted by molar-refractivity contribution is 5.44. The zero-order valence-electron chi connectivity index (χ0n) is 10.6. The van der Waals surface area contributed by atoms with Gasteiger partial charge in [0, 0.05) is 13.1 Å². The molecule has 0 bridgehead atoms. The minimum absolute atomic E-state index is 0.442. The molecule has 2 atom stereocenters. The maximum absolute atomic E-state index is 9.64. The smallest absolute Gasteiger partial charge is 0.0957 e. The lowest BCUT2D eigenvalue weighted by molar-refractivity contribution is 0.169. The molecule has 0 amide bonds. The molecule has 0 saturated heterocycles. The topological polar surface area (TPSA) is 36.4 Å². The fourth-order valence-electron chi connectivity index (χ4n) is 1.54. The van der Waals surface area contributed by atoms with Gasteiger partial charge in [-0.25, -0.2) is 0 Å². The number of aliphatic hydroxyl groups excluding tert-OH is 1. The second-order valence-corrected chi connectivity index (χ2v) is 4.23. The lowest BCUT2D eigenvalue weighted by Gasteiger charge is -2.25. The van der Waals surface area contributed by atoms with Gasteiger partial charge in [-0.3, -0.25) is 4.98 Å². The summed E-state index contributed by atoms with van der Waals surface area (Å²) in [6.07, 6.45) is 3.20. The van der Waals surface area contributed by atoms with Crippen LogP contribution >= 0.6 is 0 Å². The van der Waals surface area contributed by atoms with Gasteiger partial charge in [0.1, 0.15) is 0 Å². The van der Waals surface area contributed by atoms with Crippen molar-refractivity contribution in [2.45, 2.75) is 45.8 Å². The minimum atomic E-state index is -0.442. The maximum atomic E-state index is 9.64.